The Labute approximate surface area is 115 Å². The molecule has 1 saturated heterocycles. The summed E-state index contributed by atoms with van der Waals surface area (Å²) < 4.78 is 32.3. The molecule has 19 heavy (non-hydrogen) atoms. The van der Waals surface area contributed by atoms with Crippen LogP contribution in [-0.2, 0) is 14.8 Å². The van der Waals surface area contributed by atoms with E-state index in [9.17, 15) is 8.42 Å². The zero-order chi connectivity index (χ0) is 13.3. The summed E-state index contributed by atoms with van der Waals surface area (Å²) in [6.07, 6.45) is 6.43. The van der Waals surface area contributed by atoms with Gasteiger partial charge in [-0.15, -0.1) is 0 Å². The summed E-state index contributed by atoms with van der Waals surface area (Å²) in [4.78, 5) is 0. The van der Waals surface area contributed by atoms with E-state index in [1.807, 2.05) is 0 Å². The first kappa shape index (κ1) is 13.8. The summed E-state index contributed by atoms with van der Waals surface area (Å²) >= 11 is 0. The van der Waals surface area contributed by atoms with Crippen LogP contribution in [0.15, 0.2) is 0 Å². The van der Waals surface area contributed by atoms with Gasteiger partial charge in [0.25, 0.3) is 0 Å². The van der Waals surface area contributed by atoms with Crippen molar-refractivity contribution in [1.29, 1.82) is 0 Å². The van der Waals surface area contributed by atoms with E-state index >= 15 is 0 Å². The minimum atomic E-state index is -3.10. The van der Waals surface area contributed by atoms with Gasteiger partial charge in [-0.25, -0.2) is 8.42 Å². The van der Waals surface area contributed by atoms with Gasteiger partial charge in [-0.1, -0.05) is 0 Å². The first-order chi connectivity index (χ1) is 9.17. The molecule has 0 amide bonds. The van der Waals surface area contributed by atoms with Gasteiger partial charge in [0, 0.05) is 12.6 Å². The Kier molecular flexibility index (Phi) is 4.12. The van der Waals surface area contributed by atoms with Crippen LogP contribution in [0.2, 0.25) is 0 Å². The lowest BCUT2D eigenvalue weighted by Crippen LogP contribution is -2.51. The molecule has 110 valence electrons. The lowest BCUT2D eigenvalue weighted by Gasteiger charge is -2.36. The van der Waals surface area contributed by atoms with Crippen LogP contribution in [0.3, 0.4) is 0 Å². The summed E-state index contributed by atoms with van der Waals surface area (Å²) in [7, 11) is -3.10. The number of nitrogens with one attached hydrogen (secondary N) is 1. The van der Waals surface area contributed by atoms with Crippen LogP contribution in [0.25, 0.3) is 0 Å². The van der Waals surface area contributed by atoms with Crippen molar-refractivity contribution >= 4 is 10.0 Å². The smallest absolute Gasteiger partial charge is 0.214 e. The molecule has 6 heteroatoms. The van der Waals surface area contributed by atoms with Gasteiger partial charge in [0.05, 0.1) is 24.5 Å². The standard InChI is InChI=1S/C13H24N2O3S/c16-19(17,10-2-7-14-11-5-6-11)15-8-9-18-13-4-1-3-12(13)15/h11-14H,1-10H2. The van der Waals surface area contributed by atoms with Crippen LogP contribution < -0.4 is 5.32 Å². The molecule has 0 aromatic heterocycles. The van der Waals surface area contributed by atoms with Crippen molar-refractivity contribution < 1.29 is 13.2 Å². The summed E-state index contributed by atoms with van der Waals surface area (Å²) in [5.74, 6) is 0.274. The van der Waals surface area contributed by atoms with Crippen LogP contribution in [-0.4, -0.2) is 56.4 Å². The molecule has 1 N–H and O–H groups in total. The highest BCUT2D eigenvalue weighted by Gasteiger charge is 2.41. The van der Waals surface area contributed by atoms with E-state index in [1.165, 1.54) is 12.8 Å². The zero-order valence-electron chi connectivity index (χ0n) is 11.4. The quantitative estimate of drug-likeness (QED) is 0.731. The SMILES string of the molecule is O=S(=O)(CCCNC1CC1)N1CCOC2CCCC21. The zero-order valence-corrected chi connectivity index (χ0v) is 12.2. The summed E-state index contributed by atoms with van der Waals surface area (Å²) in [6.45, 7) is 1.92. The molecule has 0 bridgehead atoms. The van der Waals surface area contributed by atoms with E-state index in [-0.39, 0.29) is 17.9 Å². The molecule has 2 atom stereocenters. The predicted octanol–water partition coefficient (Wildman–Crippen LogP) is 0.712. The van der Waals surface area contributed by atoms with Crippen molar-refractivity contribution in [1.82, 2.24) is 9.62 Å². The number of hydrogen-bond acceptors (Lipinski definition) is 4. The topological polar surface area (TPSA) is 58.6 Å². The van der Waals surface area contributed by atoms with Crippen molar-refractivity contribution in [2.45, 2.75) is 56.7 Å². The van der Waals surface area contributed by atoms with Crippen molar-refractivity contribution in [3.63, 3.8) is 0 Å². The highest BCUT2D eigenvalue weighted by Crippen LogP contribution is 2.31. The van der Waals surface area contributed by atoms with Crippen LogP contribution in [0, 0.1) is 0 Å². The maximum absolute atomic E-state index is 12.4. The van der Waals surface area contributed by atoms with Crippen LogP contribution in [0.4, 0.5) is 0 Å². The first-order valence-corrected chi connectivity index (χ1v) is 9.12. The lowest BCUT2D eigenvalue weighted by atomic mass is 10.2. The number of rotatable bonds is 6. The average Bonchev–Trinajstić information content (AvgIpc) is 3.09. The van der Waals surface area contributed by atoms with Gasteiger partial charge >= 0.3 is 0 Å². The molecule has 0 spiro atoms. The number of morpholine rings is 1. The Hall–Kier alpha value is -0.170. The fourth-order valence-corrected chi connectivity index (χ4v) is 4.95. The fourth-order valence-electron chi connectivity index (χ4n) is 3.20. The fraction of sp³-hybridized carbons (Fsp3) is 1.00. The van der Waals surface area contributed by atoms with E-state index in [4.69, 9.17) is 4.74 Å². The van der Waals surface area contributed by atoms with Gasteiger partial charge in [0.2, 0.25) is 10.0 Å². The molecule has 1 heterocycles. The minimum absolute atomic E-state index is 0.107. The highest BCUT2D eigenvalue weighted by molar-refractivity contribution is 7.89. The molecule has 5 nitrogen and oxygen atoms in total. The molecule has 0 aromatic carbocycles. The molecule has 1 aliphatic heterocycles. The maximum atomic E-state index is 12.4. The number of nitrogens with zero attached hydrogens (tertiary/aromatic N) is 1. The highest BCUT2D eigenvalue weighted by atomic mass is 32.2. The van der Waals surface area contributed by atoms with Crippen molar-refractivity contribution in [3.05, 3.63) is 0 Å². The van der Waals surface area contributed by atoms with E-state index < -0.39 is 10.0 Å². The van der Waals surface area contributed by atoms with Crippen LogP contribution >= 0.6 is 0 Å². The second-order valence-corrected chi connectivity index (χ2v) is 7.96. The molecule has 0 radical (unpaired) electrons. The lowest BCUT2D eigenvalue weighted by molar-refractivity contribution is -0.0241. The molecule has 3 fully saturated rings. The molecule has 2 unspecified atom stereocenters. The van der Waals surface area contributed by atoms with Gasteiger partial charge in [0.1, 0.15) is 0 Å². The van der Waals surface area contributed by atoms with E-state index in [0.717, 1.165) is 25.8 Å². The normalized spacial score (nSPS) is 32.4. The maximum Gasteiger partial charge on any atom is 0.214 e. The molecule has 3 rings (SSSR count). The molecular weight excluding hydrogens is 264 g/mol. The van der Waals surface area contributed by atoms with Gasteiger partial charge in [0.15, 0.2) is 0 Å². The second kappa shape index (κ2) is 5.68. The van der Waals surface area contributed by atoms with E-state index in [0.29, 0.717) is 25.6 Å². The Balaban J connectivity index is 1.52. The third kappa shape index (κ3) is 3.29. The molecule has 2 aliphatic carbocycles. The van der Waals surface area contributed by atoms with Gasteiger partial charge < -0.3 is 10.1 Å². The Morgan fingerprint density at radius 3 is 2.84 bits per heavy atom. The molecule has 0 aromatic rings. The predicted molar refractivity (Wildman–Crippen MR) is 73.5 cm³/mol. The molecule has 2 saturated carbocycles. The molecule has 3 aliphatic rings. The minimum Gasteiger partial charge on any atom is -0.375 e. The summed E-state index contributed by atoms with van der Waals surface area (Å²) in [5, 5.41) is 3.37. The Morgan fingerprint density at radius 2 is 2.05 bits per heavy atom. The third-order valence-electron chi connectivity index (χ3n) is 4.38. The van der Waals surface area contributed by atoms with Gasteiger partial charge in [-0.05, 0) is 45.1 Å². The number of fused-ring (bicyclic) bond motifs is 1. The summed E-state index contributed by atoms with van der Waals surface area (Å²) in [6, 6.07) is 0.764. The van der Waals surface area contributed by atoms with Crippen LogP contribution in [0.1, 0.15) is 38.5 Å². The number of ether oxygens (including phenoxy) is 1. The number of sulfonamides is 1. The third-order valence-corrected chi connectivity index (χ3v) is 6.35. The first-order valence-electron chi connectivity index (χ1n) is 7.51. The monoisotopic (exact) mass is 288 g/mol. The van der Waals surface area contributed by atoms with Crippen molar-refractivity contribution in [2.75, 3.05) is 25.4 Å². The second-order valence-electron chi connectivity index (χ2n) is 5.92. The Morgan fingerprint density at radius 1 is 1.21 bits per heavy atom. The summed E-state index contributed by atoms with van der Waals surface area (Å²) in [5.41, 5.74) is 0. The average molecular weight is 288 g/mol. The van der Waals surface area contributed by atoms with Gasteiger partial charge in [-0.3, -0.25) is 0 Å². The van der Waals surface area contributed by atoms with E-state index in [2.05, 4.69) is 5.32 Å². The molecular formula is C13H24N2O3S. The largest absolute Gasteiger partial charge is 0.375 e. The van der Waals surface area contributed by atoms with Crippen molar-refractivity contribution in [2.24, 2.45) is 0 Å². The Bertz CT molecular complexity index is 408. The number of hydrogen-bond donors (Lipinski definition) is 1. The van der Waals surface area contributed by atoms with Gasteiger partial charge in [-0.2, -0.15) is 4.31 Å². The van der Waals surface area contributed by atoms with Crippen LogP contribution in [0.5, 0.6) is 0 Å². The van der Waals surface area contributed by atoms with E-state index in [1.54, 1.807) is 4.31 Å². The van der Waals surface area contributed by atoms with Crippen molar-refractivity contribution in [3.8, 4) is 0 Å².